The fraction of sp³-hybridized carbons (Fsp3) is 0.318. The molecule has 2 heterocycles. The van der Waals surface area contributed by atoms with E-state index < -0.39 is 0 Å². The van der Waals surface area contributed by atoms with Gasteiger partial charge in [-0.15, -0.1) is 0 Å². The van der Waals surface area contributed by atoms with E-state index in [1.54, 1.807) is 0 Å². The number of rotatable bonds is 3. The number of amides is 1. The average Bonchev–Trinajstić information content (AvgIpc) is 3.10. The molecule has 27 heavy (non-hydrogen) atoms. The van der Waals surface area contributed by atoms with E-state index in [9.17, 15) is 4.79 Å². The number of carbonyl (C=O) groups is 1. The highest BCUT2D eigenvalue weighted by Gasteiger charge is 2.23. The summed E-state index contributed by atoms with van der Waals surface area (Å²) in [5.41, 5.74) is 2.84. The van der Waals surface area contributed by atoms with Gasteiger partial charge >= 0.3 is 0 Å². The van der Waals surface area contributed by atoms with Crippen molar-refractivity contribution >= 4 is 28.4 Å². The van der Waals surface area contributed by atoms with Crippen LogP contribution in [0.25, 0.3) is 16.6 Å². The predicted molar refractivity (Wildman–Crippen MR) is 111 cm³/mol. The molecule has 0 bridgehead atoms. The topological polar surface area (TPSA) is 28.5 Å². The van der Waals surface area contributed by atoms with Crippen LogP contribution in [0.4, 0.5) is 0 Å². The highest BCUT2D eigenvalue weighted by Crippen LogP contribution is 2.24. The molecule has 1 aliphatic heterocycles. The monoisotopic (exact) mass is 381 g/mol. The Hall–Kier alpha value is -2.30. The number of nitrogens with zero attached hydrogens (tertiary/aromatic N) is 3. The van der Waals surface area contributed by atoms with E-state index in [2.05, 4.69) is 23.3 Å². The van der Waals surface area contributed by atoms with Gasteiger partial charge in [0.1, 0.15) is 0 Å². The Morgan fingerprint density at radius 3 is 2.48 bits per heavy atom. The second kappa shape index (κ2) is 7.37. The highest BCUT2D eigenvalue weighted by atomic mass is 35.5. The van der Waals surface area contributed by atoms with Gasteiger partial charge in [0.15, 0.2) is 0 Å². The van der Waals surface area contributed by atoms with Crippen LogP contribution in [0.15, 0.2) is 54.7 Å². The molecule has 3 aromatic rings. The summed E-state index contributed by atoms with van der Waals surface area (Å²) in [6, 6.07) is 16.3. The van der Waals surface area contributed by atoms with Gasteiger partial charge in [0.25, 0.3) is 5.91 Å². The lowest BCUT2D eigenvalue weighted by atomic mass is 10.1. The van der Waals surface area contributed by atoms with Gasteiger partial charge in [-0.3, -0.25) is 9.69 Å². The summed E-state index contributed by atoms with van der Waals surface area (Å²) < 4.78 is 2.09. The van der Waals surface area contributed by atoms with Gasteiger partial charge in [0.2, 0.25) is 0 Å². The second-order valence-electron chi connectivity index (χ2n) is 7.36. The van der Waals surface area contributed by atoms with Crippen LogP contribution in [0.2, 0.25) is 5.02 Å². The molecular formula is C22H24ClN3O. The van der Waals surface area contributed by atoms with Crippen LogP contribution in [0.5, 0.6) is 0 Å². The summed E-state index contributed by atoms with van der Waals surface area (Å²) in [7, 11) is 0. The minimum atomic E-state index is 0.121. The second-order valence-corrected chi connectivity index (χ2v) is 7.80. The van der Waals surface area contributed by atoms with Crippen molar-refractivity contribution < 1.29 is 4.79 Å². The number of fused-ring (bicyclic) bond motifs is 1. The molecule has 0 atom stereocenters. The zero-order valence-corrected chi connectivity index (χ0v) is 16.5. The van der Waals surface area contributed by atoms with Crippen molar-refractivity contribution in [2.45, 2.75) is 19.9 Å². The van der Waals surface area contributed by atoms with Crippen LogP contribution in [-0.4, -0.2) is 52.5 Å². The molecule has 4 rings (SSSR count). The largest absolute Gasteiger partial charge is 0.336 e. The Bertz CT molecular complexity index is 971. The van der Waals surface area contributed by atoms with Gasteiger partial charge in [-0.1, -0.05) is 17.7 Å². The molecule has 1 amide bonds. The number of hydrogen-bond donors (Lipinski definition) is 0. The third kappa shape index (κ3) is 3.60. The standard InChI is InChI=1S/C22H24ClN3O/c1-16(2)24-10-12-25(13-11-24)22(27)18-6-7-21-17(14-18)8-9-26(21)20-5-3-4-19(23)15-20/h3-9,14-16H,10-13H2,1-2H3. The van der Waals surface area contributed by atoms with Crippen molar-refractivity contribution in [3.63, 3.8) is 0 Å². The normalized spacial score (nSPS) is 15.6. The fourth-order valence-electron chi connectivity index (χ4n) is 3.75. The first kappa shape index (κ1) is 18.1. The van der Waals surface area contributed by atoms with E-state index in [1.165, 1.54) is 0 Å². The molecule has 0 saturated carbocycles. The number of aromatic nitrogens is 1. The average molecular weight is 382 g/mol. The first-order chi connectivity index (χ1) is 13.0. The molecule has 4 nitrogen and oxygen atoms in total. The smallest absolute Gasteiger partial charge is 0.253 e. The van der Waals surface area contributed by atoms with Crippen molar-refractivity contribution in [1.82, 2.24) is 14.4 Å². The van der Waals surface area contributed by atoms with E-state index in [4.69, 9.17) is 11.6 Å². The minimum absolute atomic E-state index is 0.121. The van der Waals surface area contributed by atoms with E-state index in [1.807, 2.05) is 59.6 Å². The maximum Gasteiger partial charge on any atom is 0.253 e. The SMILES string of the molecule is CC(C)N1CCN(C(=O)c2ccc3c(ccn3-c3cccc(Cl)c3)c2)CC1. The lowest BCUT2D eigenvalue weighted by Crippen LogP contribution is -2.50. The van der Waals surface area contributed by atoms with E-state index >= 15 is 0 Å². The molecule has 5 heteroatoms. The summed E-state index contributed by atoms with van der Waals surface area (Å²) in [6.07, 6.45) is 2.02. The lowest BCUT2D eigenvalue weighted by Gasteiger charge is -2.37. The first-order valence-electron chi connectivity index (χ1n) is 9.43. The number of benzene rings is 2. The van der Waals surface area contributed by atoms with Gasteiger partial charge in [-0.25, -0.2) is 0 Å². The van der Waals surface area contributed by atoms with Gasteiger partial charge in [-0.05, 0) is 56.3 Å². The van der Waals surface area contributed by atoms with Gasteiger partial charge in [-0.2, -0.15) is 0 Å². The van der Waals surface area contributed by atoms with Crippen molar-refractivity contribution in [2.75, 3.05) is 26.2 Å². The molecule has 1 aromatic heterocycles. The summed E-state index contributed by atoms with van der Waals surface area (Å²) in [4.78, 5) is 17.3. The van der Waals surface area contributed by atoms with Crippen molar-refractivity contribution in [3.05, 3.63) is 65.3 Å². The Balaban J connectivity index is 1.57. The van der Waals surface area contributed by atoms with E-state index in [0.717, 1.165) is 48.3 Å². The lowest BCUT2D eigenvalue weighted by molar-refractivity contribution is 0.0595. The number of hydrogen-bond acceptors (Lipinski definition) is 2. The number of halogens is 1. The molecule has 1 fully saturated rings. The van der Waals surface area contributed by atoms with Gasteiger partial charge in [0.05, 0.1) is 5.52 Å². The van der Waals surface area contributed by atoms with Crippen molar-refractivity contribution in [1.29, 1.82) is 0 Å². The Morgan fingerprint density at radius 1 is 1.00 bits per heavy atom. The maximum atomic E-state index is 12.9. The fourth-order valence-corrected chi connectivity index (χ4v) is 3.94. The van der Waals surface area contributed by atoms with Crippen molar-refractivity contribution in [2.24, 2.45) is 0 Å². The van der Waals surface area contributed by atoms with Gasteiger partial charge < -0.3 is 9.47 Å². The van der Waals surface area contributed by atoms with Gasteiger partial charge in [0, 0.05) is 60.1 Å². The molecule has 1 saturated heterocycles. The summed E-state index contributed by atoms with van der Waals surface area (Å²) in [6.45, 7) is 7.87. The molecular weight excluding hydrogens is 358 g/mol. The maximum absolute atomic E-state index is 12.9. The van der Waals surface area contributed by atoms with Crippen LogP contribution in [-0.2, 0) is 0 Å². The summed E-state index contributed by atoms with van der Waals surface area (Å²) in [5.74, 6) is 0.121. The summed E-state index contributed by atoms with van der Waals surface area (Å²) in [5, 5.41) is 1.77. The van der Waals surface area contributed by atoms with Crippen LogP contribution in [0.3, 0.4) is 0 Å². The minimum Gasteiger partial charge on any atom is -0.336 e. The van der Waals surface area contributed by atoms with Crippen LogP contribution < -0.4 is 0 Å². The van der Waals surface area contributed by atoms with Crippen molar-refractivity contribution in [3.8, 4) is 5.69 Å². The Labute approximate surface area is 164 Å². The molecule has 1 aliphatic rings. The predicted octanol–water partition coefficient (Wildman–Crippen LogP) is 4.45. The third-order valence-electron chi connectivity index (χ3n) is 5.36. The zero-order valence-electron chi connectivity index (χ0n) is 15.7. The molecule has 0 spiro atoms. The molecule has 0 N–H and O–H groups in total. The van der Waals surface area contributed by atoms with Crippen LogP contribution >= 0.6 is 11.6 Å². The number of carbonyl (C=O) groups excluding carboxylic acids is 1. The Kier molecular flexibility index (Phi) is 4.94. The Morgan fingerprint density at radius 2 is 1.78 bits per heavy atom. The first-order valence-corrected chi connectivity index (χ1v) is 9.81. The highest BCUT2D eigenvalue weighted by molar-refractivity contribution is 6.30. The van der Waals surface area contributed by atoms with Crippen LogP contribution in [0, 0.1) is 0 Å². The molecule has 2 aromatic carbocycles. The quantitative estimate of drug-likeness (QED) is 0.670. The van der Waals surface area contributed by atoms with Crippen LogP contribution in [0.1, 0.15) is 24.2 Å². The van der Waals surface area contributed by atoms with E-state index in [0.29, 0.717) is 11.1 Å². The molecule has 0 aliphatic carbocycles. The molecule has 140 valence electrons. The molecule has 0 unspecified atom stereocenters. The third-order valence-corrected chi connectivity index (χ3v) is 5.59. The summed E-state index contributed by atoms with van der Waals surface area (Å²) >= 11 is 6.13. The molecule has 0 radical (unpaired) electrons. The zero-order chi connectivity index (χ0) is 19.0. The number of piperazine rings is 1. The van der Waals surface area contributed by atoms with E-state index in [-0.39, 0.29) is 5.91 Å².